The second-order valence-corrected chi connectivity index (χ2v) is 8.04. The maximum atomic E-state index is 10.5. The lowest BCUT2D eigenvalue weighted by Crippen LogP contribution is -2.71. The first-order chi connectivity index (χ1) is 10.8. The molecule has 7 nitrogen and oxygen atoms in total. The predicted octanol–water partition coefficient (Wildman–Crippen LogP) is -2.57. The van der Waals surface area contributed by atoms with Gasteiger partial charge in [0.1, 0.15) is 0 Å². The third-order valence-corrected chi connectivity index (χ3v) is 7.23. The molecule has 0 bridgehead atoms. The summed E-state index contributed by atoms with van der Waals surface area (Å²) in [6.07, 6.45) is -6.41. The smallest absolute Gasteiger partial charge is 0.0859 e. The van der Waals surface area contributed by atoms with Gasteiger partial charge in [-0.1, -0.05) is 0 Å². The molecule has 13 unspecified atom stereocenters. The van der Waals surface area contributed by atoms with E-state index >= 15 is 0 Å². The Balaban J connectivity index is 1.81. The summed E-state index contributed by atoms with van der Waals surface area (Å²) in [5.41, 5.74) is 0. The van der Waals surface area contributed by atoms with Crippen molar-refractivity contribution in [2.75, 3.05) is 0 Å². The minimum absolute atomic E-state index is 0.148. The van der Waals surface area contributed by atoms with Gasteiger partial charge >= 0.3 is 0 Å². The Morgan fingerprint density at radius 2 is 1.00 bits per heavy atom. The summed E-state index contributed by atoms with van der Waals surface area (Å²) in [5, 5.41) is 72.9. The van der Waals surface area contributed by atoms with E-state index in [1.54, 1.807) is 0 Å². The van der Waals surface area contributed by atoms with Gasteiger partial charge in [0.2, 0.25) is 0 Å². The molecule has 13 atom stereocenters. The molecule has 4 aliphatic carbocycles. The highest BCUT2D eigenvalue weighted by atomic mass is 16.4. The minimum atomic E-state index is -1.26. The molecule has 4 saturated carbocycles. The first kappa shape index (κ1) is 16.2. The molecule has 4 rings (SSSR count). The van der Waals surface area contributed by atoms with Crippen LogP contribution < -0.4 is 0 Å². The van der Waals surface area contributed by atoms with Crippen molar-refractivity contribution in [2.45, 2.75) is 62.0 Å². The molecule has 7 N–H and O–H groups in total. The van der Waals surface area contributed by atoms with E-state index in [1.165, 1.54) is 0 Å². The standard InChI is InChI=1S/C16H26O7/c17-6-2-1-4-8-9-5(13(20)12(4)19)3-7(18)14(21)11(9)16(23)15(22)10(6)8/h4-23H,1-3H2. The second kappa shape index (κ2) is 5.36. The first-order valence-electron chi connectivity index (χ1n) is 8.61. The summed E-state index contributed by atoms with van der Waals surface area (Å²) in [4.78, 5) is 0. The van der Waals surface area contributed by atoms with Crippen LogP contribution >= 0.6 is 0 Å². The molecule has 0 radical (unpaired) electrons. The molecule has 0 aromatic heterocycles. The summed E-state index contributed by atoms with van der Waals surface area (Å²) >= 11 is 0. The Bertz CT molecular complexity index is 473. The average Bonchev–Trinajstić information content (AvgIpc) is 2.52. The van der Waals surface area contributed by atoms with Crippen molar-refractivity contribution in [3.63, 3.8) is 0 Å². The average molecular weight is 330 g/mol. The lowest BCUT2D eigenvalue weighted by Gasteiger charge is -2.64. The summed E-state index contributed by atoms with van der Waals surface area (Å²) < 4.78 is 0. The van der Waals surface area contributed by atoms with Crippen LogP contribution in [0.1, 0.15) is 19.3 Å². The van der Waals surface area contributed by atoms with E-state index in [0.717, 1.165) is 0 Å². The number of aliphatic hydroxyl groups excluding tert-OH is 7. The van der Waals surface area contributed by atoms with Gasteiger partial charge in [-0.25, -0.2) is 0 Å². The lowest BCUT2D eigenvalue weighted by atomic mass is 9.44. The van der Waals surface area contributed by atoms with E-state index in [4.69, 9.17) is 0 Å². The van der Waals surface area contributed by atoms with Crippen LogP contribution in [0, 0.1) is 35.5 Å². The van der Waals surface area contributed by atoms with Crippen LogP contribution in [0.25, 0.3) is 0 Å². The van der Waals surface area contributed by atoms with Crippen LogP contribution in [0.15, 0.2) is 0 Å². The number of hydrogen-bond acceptors (Lipinski definition) is 7. The Morgan fingerprint density at radius 3 is 1.70 bits per heavy atom. The molecule has 4 aliphatic rings. The van der Waals surface area contributed by atoms with E-state index in [2.05, 4.69) is 0 Å². The van der Waals surface area contributed by atoms with Gasteiger partial charge in [0.05, 0.1) is 42.7 Å². The van der Waals surface area contributed by atoms with Crippen molar-refractivity contribution < 1.29 is 35.7 Å². The van der Waals surface area contributed by atoms with Crippen molar-refractivity contribution in [3.8, 4) is 0 Å². The van der Waals surface area contributed by atoms with E-state index < -0.39 is 60.5 Å². The number of hydrogen-bond donors (Lipinski definition) is 7. The highest BCUT2D eigenvalue weighted by Gasteiger charge is 2.66. The Hall–Kier alpha value is -0.280. The van der Waals surface area contributed by atoms with Gasteiger partial charge in [-0.3, -0.25) is 0 Å². The van der Waals surface area contributed by atoms with Crippen molar-refractivity contribution >= 4 is 0 Å². The largest absolute Gasteiger partial charge is 0.393 e. The van der Waals surface area contributed by atoms with Crippen LogP contribution in [0.5, 0.6) is 0 Å². The summed E-state index contributed by atoms with van der Waals surface area (Å²) in [7, 11) is 0. The lowest BCUT2D eigenvalue weighted by molar-refractivity contribution is -0.281. The highest BCUT2D eigenvalue weighted by Crippen LogP contribution is 2.59. The van der Waals surface area contributed by atoms with Gasteiger partial charge < -0.3 is 35.7 Å². The number of aliphatic hydroxyl groups is 7. The third-order valence-electron chi connectivity index (χ3n) is 7.23. The van der Waals surface area contributed by atoms with Gasteiger partial charge in [-0.05, 0) is 42.9 Å². The second-order valence-electron chi connectivity index (χ2n) is 8.04. The normalized spacial score (nSPS) is 65.1. The topological polar surface area (TPSA) is 142 Å². The minimum Gasteiger partial charge on any atom is -0.393 e. The van der Waals surface area contributed by atoms with Crippen LogP contribution in [0.2, 0.25) is 0 Å². The van der Waals surface area contributed by atoms with Crippen LogP contribution in [0.3, 0.4) is 0 Å². The van der Waals surface area contributed by atoms with Gasteiger partial charge in [0, 0.05) is 11.8 Å². The fraction of sp³-hybridized carbons (Fsp3) is 1.00. The van der Waals surface area contributed by atoms with Crippen molar-refractivity contribution in [2.24, 2.45) is 35.5 Å². The molecule has 0 amide bonds. The fourth-order valence-electron chi connectivity index (χ4n) is 6.33. The molecule has 0 aliphatic heterocycles. The molecular weight excluding hydrogens is 304 g/mol. The zero-order valence-corrected chi connectivity index (χ0v) is 12.8. The van der Waals surface area contributed by atoms with Gasteiger partial charge in [0.15, 0.2) is 0 Å². The van der Waals surface area contributed by atoms with E-state index in [0.29, 0.717) is 12.8 Å². The maximum Gasteiger partial charge on any atom is 0.0859 e. The van der Waals surface area contributed by atoms with Crippen molar-refractivity contribution in [1.29, 1.82) is 0 Å². The molecule has 0 spiro atoms. The monoisotopic (exact) mass is 330 g/mol. The Labute approximate surface area is 134 Å². The van der Waals surface area contributed by atoms with Crippen LogP contribution in [0.4, 0.5) is 0 Å². The van der Waals surface area contributed by atoms with Gasteiger partial charge in [-0.2, -0.15) is 0 Å². The molecule has 4 fully saturated rings. The first-order valence-corrected chi connectivity index (χ1v) is 8.61. The summed E-state index contributed by atoms with van der Waals surface area (Å²) in [6, 6.07) is 0. The Morgan fingerprint density at radius 1 is 0.435 bits per heavy atom. The SMILES string of the molecule is OC1CC2C(O)C(O)C3CCC(O)C4C(O)C(O)C(C1O)C2C34. The van der Waals surface area contributed by atoms with Crippen LogP contribution in [-0.4, -0.2) is 78.5 Å². The van der Waals surface area contributed by atoms with E-state index in [1.807, 2.05) is 0 Å². The molecular formula is C16H26O7. The molecule has 0 aromatic rings. The van der Waals surface area contributed by atoms with E-state index in [-0.39, 0.29) is 24.2 Å². The molecule has 7 heteroatoms. The molecule has 0 saturated heterocycles. The Kier molecular flexibility index (Phi) is 3.77. The van der Waals surface area contributed by atoms with Gasteiger partial charge in [-0.15, -0.1) is 0 Å². The van der Waals surface area contributed by atoms with Crippen LogP contribution in [-0.2, 0) is 0 Å². The molecule has 23 heavy (non-hydrogen) atoms. The van der Waals surface area contributed by atoms with Crippen molar-refractivity contribution in [1.82, 2.24) is 0 Å². The zero-order valence-electron chi connectivity index (χ0n) is 12.8. The predicted molar refractivity (Wildman–Crippen MR) is 76.8 cm³/mol. The molecule has 0 aromatic carbocycles. The summed E-state index contributed by atoms with van der Waals surface area (Å²) in [6.45, 7) is 0. The third kappa shape index (κ3) is 2.02. The maximum absolute atomic E-state index is 10.5. The molecule has 132 valence electrons. The van der Waals surface area contributed by atoms with E-state index in [9.17, 15) is 35.7 Å². The van der Waals surface area contributed by atoms with Gasteiger partial charge in [0.25, 0.3) is 0 Å². The fourth-order valence-corrected chi connectivity index (χ4v) is 6.33. The van der Waals surface area contributed by atoms with Crippen molar-refractivity contribution in [3.05, 3.63) is 0 Å². The number of rotatable bonds is 0. The summed E-state index contributed by atoms with van der Waals surface area (Å²) in [5.74, 6) is -2.65. The zero-order chi connectivity index (χ0) is 16.6. The highest BCUT2D eigenvalue weighted by molar-refractivity contribution is 5.14. The molecule has 0 heterocycles. The quantitative estimate of drug-likeness (QED) is 0.259.